The minimum Gasteiger partial charge on any atom is -0.382 e. The van der Waals surface area contributed by atoms with Gasteiger partial charge in [-0.05, 0) is 43.9 Å². The lowest BCUT2D eigenvalue weighted by atomic mass is 10.2. The van der Waals surface area contributed by atoms with Crippen molar-refractivity contribution in [3.05, 3.63) is 28.7 Å². The van der Waals surface area contributed by atoms with Crippen LogP contribution in [0.15, 0.2) is 28.7 Å². The fourth-order valence-electron chi connectivity index (χ4n) is 1.56. The molecule has 0 bridgehead atoms. The molecule has 0 spiro atoms. The second kappa shape index (κ2) is 3.70. The number of hydrogen-bond donors (Lipinski definition) is 1. The van der Waals surface area contributed by atoms with Crippen LogP contribution in [0.1, 0.15) is 19.8 Å². The Morgan fingerprint density at radius 3 is 2.85 bits per heavy atom. The Hall–Kier alpha value is -0.500. The van der Waals surface area contributed by atoms with Crippen molar-refractivity contribution in [2.24, 2.45) is 5.92 Å². The van der Waals surface area contributed by atoms with E-state index in [0.717, 1.165) is 10.4 Å². The summed E-state index contributed by atoms with van der Waals surface area (Å²) in [5.74, 6) is 0.902. The summed E-state index contributed by atoms with van der Waals surface area (Å²) in [5, 5.41) is 3.51. The fourth-order valence-corrected chi connectivity index (χ4v) is 1.95. The maximum atomic E-state index is 3.51. The summed E-state index contributed by atoms with van der Waals surface area (Å²) in [7, 11) is 0. The van der Waals surface area contributed by atoms with Crippen molar-refractivity contribution in [1.29, 1.82) is 0 Å². The van der Waals surface area contributed by atoms with E-state index in [1.165, 1.54) is 18.5 Å². The van der Waals surface area contributed by atoms with Gasteiger partial charge in [-0.3, -0.25) is 0 Å². The van der Waals surface area contributed by atoms with Gasteiger partial charge in [-0.25, -0.2) is 0 Å². The molecule has 13 heavy (non-hydrogen) atoms. The van der Waals surface area contributed by atoms with Gasteiger partial charge in [0, 0.05) is 16.2 Å². The van der Waals surface area contributed by atoms with Crippen LogP contribution in [0.4, 0.5) is 5.69 Å². The van der Waals surface area contributed by atoms with Crippen LogP contribution >= 0.6 is 15.9 Å². The molecule has 0 saturated heterocycles. The quantitative estimate of drug-likeness (QED) is 0.850. The standard InChI is InChI=1S/C11H14BrN/c1-8(9-5-6-9)13-11-4-2-3-10(12)7-11/h2-4,7-9,13H,5-6H2,1H3/t8-/m1/s1. The molecule has 1 N–H and O–H groups in total. The van der Waals surface area contributed by atoms with E-state index in [1.807, 2.05) is 6.07 Å². The molecule has 1 nitrogen and oxygen atoms in total. The molecule has 1 aromatic rings. The summed E-state index contributed by atoms with van der Waals surface area (Å²) in [6, 6.07) is 8.97. The maximum absolute atomic E-state index is 3.51. The highest BCUT2D eigenvalue weighted by Gasteiger charge is 2.27. The molecule has 70 valence electrons. The van der Waals surface area contributed by atoms with Gasteiger partial charge in [-0.15, -0.1) is 0 Å². The maximum Gasteiger partial charge on any atom is 0.0353 e. The number of benzene rings is 1. The smallest absolute Gasteiger partial charge is 0.0353 e. The summed E-state index contributed by atoms with van der Waals surface area (Å²) >= 11 is 3.46. The van der Waals surface area contributed by atoms with Crippen molar-refractivity contribution in [2.45, 2.75) is 25.8 Å². The van der Waals surface area contributed by atoms with Crippen LogP contribution in [0, 0.1) is 5.92 Å². The van der Waals surface area contributed by atoms with Crippen molar-refractivity contribution in [1.82, 2.24) is 0 Å². The molecular weight excluding hydrogens is 226 g/mol. The van der Waals surface area contributed by atoms with E-state index in [0.29, 0.717) is 6.04 Å². The van der Waals surface area contributed by atoms with Crippen LogP contribution in [0.2, 0.25) is 0 Å². The van der Waals surface area contributed by atoms with Gasteiger partial charge in [-0.1, -0.05) is 22.0 Å². The number of hydrogen-bond acceptors (Lipinski definition) is 1. The second-order valence-corrected chi connectivity index (χ2v) is 4.70. The average Bonchev–Trinajstić information content (AvgIpc) is 2.85. The van der Waals surface area contributed by atoms with E-state index >= 15 is 0 Å². The molecule has 1 aromatic carbocycles. The van der Waals surface area contributed by atoms with Crippen molar-refractivity contribution in [3.63, 3.8) is 0 Å². The Balaban J connectivity index is 2.00. The lowest BCUT2D eigenvalue weighted by molar-refractivity contribution is 0.694. The Labute approximate surface area is 87.7 Å². The molecule has 0 heterocycles. The topological polar surface area (TPSA) is 12.0 Å². The van der Waals surface area contributed by atoms with Crippen LogP contribution in [-0.2, 0) is 0 Å². The van der Waals surface area contributed by atoms with Gasteiger partial charge in [0.15, 0.2) is 0 Å². The molecule has 1 saturated carbocycles. The third-order valence-corrected chi connectivity index (χ3v) is 3.04. The molecular formula is C11H14BrN. The third kappa shape index (κ3) is 2.47. The van der Waals surface area contributed by atoms with Gasteiger partial charge in [0.25, 0.3) is 0 Å². The summed E-state index contributed by atoms with van der Waals surface area (Å²) in [6.45, 7) is 2.26. The van der Waals surface area contributed by atoms with E-state index in [9.17, 15) is 0 Å². The summed E-state index contributed by atoms with van der Waals surface area (Å²) in [5.41, 5.74) is 1.22. The molecule has 2 rings (SSSR count). The van der Waals surface area contributed by atoms with Crippen molar-refractivity contribution >= 4 is 21.6 Å². The Kier molecular flexibility index (Phi) is 2.58. The zero-order valence-electron chi connectivity index (χ0n) is 7.76. The third-order valence-electron chi connectivity index (χ3n) is 2.55. The molecule has 0 aliphatic heterocycles. The highest BCUT2D eigenvalue weighted by atomic mass is 79.9. The van der Waals surface area contributed by atoms with Crippen LogP contribution in [-0.4, -0.2) is 6.04 Å². The van der Waals surface area contributed by atoms with E-state index in [-0.39, 0.29) is 0 Å². The number of nitrogens with one attached hydrogen (secondary N) is 1. The largest absolute Gasteiger partial charge is 0.382 e. The van der Waals surface area contributed by atoms with Crippen molar-refractivity contribution in [2.75, 3.05) is 5.32 Å². The molecule has 1 aliphatic carbocycles. The van der Waals surface area contributed by atoms with Gasteiger partial charge >= 0.3 is 0 Å². The normalized spacial score (nSPS) is 18.3. The Morgan fingerprint density at radius 1 is 1.46 bits per heavy atom. The second-order valence-electron chi connectivity index (χ2n) is 3.78. The van der Waals surface area contributed by atoms with Crippen LogP contribution in [0.25, 0.3) is 0 Å². The zero-order chi connectivity index (χ0) is 9.26. The first kappa shape index (κ1) is 9.07. The fraction of sp³-hybridized carbons (Fsp3) is 0.455. The number of halogens is 1. The van der Waals surface area contributed by atoms with Gasteiger partial charge in [0.1, 0.15) is 0 Å². The van der Waals surface area contributed by atoms with Crippen LogP contribution < -0.4 is 5.32 Å². The number of anilines is 1. The average molecular weight is 240 g/mol. The first-order chi connectivity index (χ1) is 6.25. The lowest BCUT2D eigenvalue weighted by Gasteiger charge is -2.14. The van der Waals surface area contributed by atoms with Gasteiger partial charge in [0.05, 0.1) is 0 Å². The summed E-state index contributed by atoms with van der Waals surface area (Å²) in [6.07, 6.45) is 2.78. The molecule has 1 atom stereocenters. The van der Waals surface area contributed by atoms with E-state index in [1.54, 1.807) is 0 Å². The molecule has 1 fully saturated rings. The van der Waals surface area contributed by atoms with Gasteiger partial charge in [-0.2, -0.15) is 0 Å². The number of rotatable bonds is 3. The molecule has 0 aromatic heterocycles. The van der Waals surface area contributed by atoms with E-state index in [4.69, 9.17) is 0 Å². The lowest BCUT2D eigenvalue weighted by Crippen LogP contribution is -2.16. The van der Waals surface area contributed by atoms with Crippen molar-refractivity contribution in [3.8, 4) is 0 Å². The SMILES string of the molecule is C[C@@H](Nc1cccc(Br)c1)C1CC1. The van der Waals surface area contributed by atoms with E-state index in [2.05, 4.69) is 46.4 Å². The zero-order valence-corrected chi connectivity index (χ0v) is 9.34. The van der Waals surface area contributed by atoms with Crippen molar-refractivity contribution < 1.29 is 0 Å². The highest BCUT2D eigenvalue weighted by Crippen LogP contribution is 2.34. The van der Waals surface area contributed by atoms with Crippen LogP contribution in [0.3, 0.4) is 0 Å². The first-order valence-electron chi connectivity index (χ1n) is 4.78. The molecule has 0 unspecified atom stereocenters. The Morgan fingerprint density at radius 2 is 2.23 bits per heavy atom. The predicted molar refractivity (Wildman–Crippen MR) is 60.0 cm³/mol. The monoisotopic (exact) mass is 239 g/mol. The summed E-state index contributed by atoms with van der Waals surface area (Å²) in [4.78, 5) is 0. The highest BCUT2D eigenvalue weighted by molar-refractivity contribution is 9.10. The Bertz CT molecular complexity index is 294. The first-order valence-corrected chi connectivity index (χ1v) is 5.57. The van der Waals surface area contributed by atoms with Gasteiger partial charge < -0.3 is 5.32 Å². The van der Waals surface area contributed by atoms with E-state index < -0.39 is 0 Å². The van der Waals surface area contributed by atoms with Gasteiger partial charge in [0.2, 0.25) is 0 Å². The molecule has 0 radical (unpaired) electrons. The minimum atomic E-state index is 0.620. The molecule has 2 heteroatoms. The van der Waals surface area contributed by atoms with Crippen LogP contribution in [0.5, 0.6) is 0 Å². The minimum absolute atomic E-state index is 0.620. The molecule has 0 amide bonds. The predicted octanol–water partition coefficient (Wildman–Crippen LogP) is 3.66. The summed E-state index contributed by atoms with van der Waals surface area (Å²) < 4.78 is 1.14. The molecule has 1 aliphatic rings.